The second-order valence-corrected chi connectivity index (χ2v) is 6.58. The Morgan fingerprint density at radius 1 is 1.42 bits per heavy atom. The van der Waals surface area contributed by atoms with Gasteiger partial charge in [0.15, 0.2) is 5.76 Å². The highest BCUT2D eigenvalue weighted by Gasteiger charge is 2.44. The van der Waals surface area contributed by atoms with Gasteiger partial charge in [0.2, 0.25) is 0 Å². The SMILES string of the molecule is COCC1(C(=O)O)CCCN(C(=O)c2cc3cc(Cl)ccc3o2)C1. The number of likely N-dealkylation sites (tertiary alicyclic amines) is 1. The van der Waals surface area contributed by atoms with Crippen LogP contribution in [0.15, 0.2) is 28.7 Å². The van der Waals surface area contributed by atoms with Crippen molar-refractivity contribution in [1.82, 2.24) is 4.90 Å². The smallest absolute Gasteiger partial charge is 0.313 e. The summed E-state index contributed by atoms with van der Waals surface area (Å²) in [5.74, 6) is -1.08. The van der Waals surface area contributed by atoms with Crippen LogP contribution in [0.3, 0.4) is 0 Å². The number of piperidine rings is 1. The van der Waals surface area contributed by atoms with E-state index in [1.807, 2.05) is 0 Å². The first-order chi connectivity index (χ1) is 11.4. The number of benzene rings is 1. The lowest BCUT2D eigenvalue weighted by Gasteiger charge is -2.39. The summed E-state index contributed by atoms with van der Waals surface area (Å²) in [6.45, 7) is 0.671. The summed E-state index contributed by atoms with van der Waals surface area (Å²) >= 11 is 5.95. The van der Waals surface area contributed by atoms with E-state index < -0.39 is 11.4 Å². The van der Waals surface area contributed by atoms with Crippen molar-refractivity contribution in [2.75, 3.05) is 26.8 Å². The molecule has 2 heterocycles. The number of amides is 1. The molecule has 0 aliphatic carbocycles. The van der Waals surface area contributed by atoms with Crippen molar-refractivity contribution in [1.29, 1.82) is 0 Å². The van der Waals surface area contributed by atoms with Gasteiger partial charge < -0.3 is 19.2 Å². The molecule has 0 saturated carbocycles. The van der Waals surface area contributed by atoms with Crippen molar-refractivity contribution in [2.45, 2.75) is 12.8 Å². The molecule has 1 N–H and O–H groups in total. The van der Waals surface area contributed by atoms with E-state index in [0.717, 1.165) is 5.39 Å². The predicted molar refractivity (Wildman–Crippen MR) is 88.3 cm³/mol. The Kier molecular flexibility index (Phi) is 4.51. The summed E-state index contributed by atoms with van der Waals surface area (Å²) in [4.78, 5) is 26.0. The third kappa shape index (κ3) is 2.99. The summed E-state index contributed by atoms with van der Waals surface area (Å²) in [6.07, 6.45) is 1.09. The highest BCUT2D eigenvalue weighted by atomic mass is 35.5. The Bertz CT molecular complexity index is 782. The molecule has 24 heavy (non-hydrogen) atoms. The molecule has 1 fully saturated rings. The number of furan rings is 1. The molecule has 7 heteroatoms. The molecule has 1 unspecified atom stereocenters. The number of methoxy groups -OCH3 is 1. The number of carbonyl (C=O) groups excluding carboxylic acids is 1. The molecule has 3 rings (SSSR count). The molecule has 0 radical (unpaired) electrons. The monoisotopic (exact) mass is 351 g/mol. The second-order valence-electron chi connectivity index (χ2n) is 6.14. The Labute approximate surface area is 143 Å². The van der Waals surface area contributed by atoms with Gasteiger partial charge in [-0.05, 0) is 37.1 Å². The van der Waals surface area contributed by atoms with Crippen molar-refractivity contribution in [3.05, 3.63) is 35.0 Å². The fourth-order valence-electron chi connectivity index (χ4n) is 3.21. The predicted octanol–water partition coefficient (Wildman–Crippen LogP) is 3.04. The summed E-state index contributed by atoms with van der Waals surface area (Å²) in [5, 5.41) is 10.9. The van der Waals surface area contributed by atoms with E-state index in [1.165, 1.54) is 12.0 Å². The van der Waals surface area contributed by atoms with Gasteiger partial charge in [0.05, 0.1) is 6.61 Å². The van der Waals surface area contributed by atoms with Crippen molar-refractivity contribution in [3.63, 3.8) is 0 Å². The number of fused-ring (bicyclic) bond motifs is 1. The highest BCUT2D eigenvalue weighted by molar-refractivity contribution is 6.31. The van der Waals surface area contributed by atoms with Crippen molar-refractivity contribution in [2.24, 2.45) is 5.41 Å². The number of nitrogens with zero attached hydrogens (tertiary/aromatic N) is 1. The Balaban J connectivity index is 1.86. The van der Waals surface area contributed by atoms with Crippen molar-refractivity contribution in [3.8, 4) is 0 Å². The van der Waals surface area contributed by atoms with Crippen LogP contribution in [0.4, 0.5) is 0 Å². The average Bonchev–Trinajstić information content (AvgIpc) is 2.97. The van der Waals surface area contributed by atoms with Gasteiger partial charge in [0, 0.05) is 30.6 Å². The van der Waals surface area contributed by atoms with Crippen molar-refractivity contribution < 1.29 is 23.8 Å². The number of carbonyl (C=O) groups is 2. The number of carboxylic acid groups (broad SMARTS) is 1. The largest absolute Gasteiger partial charge is 0.481 e. The Morgan fingerprint density at radius 3 is 2.92 bits per heavy atom. The van der Waals surface area contributed by atoms with Crippen LogP contribution in [-0.2, 0) is 9.53 Å². The summed E-state index contributed by atoms with van der Waals surface area (Å²) in [6, 6.07) is 6.75. The number of ether oxygens (including phenoxy) is 1. The minimum Gasteiger partial charge on any atom is -0.481 e. The molecule has 1 aromatic carbocycles. The van der Waals surface area contributed by atoms with Crippen molar-refractivity contribution >= 4 is 34.4 Å². The molecule has 1 aliphatic rings. The van der Waals surface area contributed by atoms with E-state index in [4.69, 9.17) is 20.8 Å². The number of halogens is 1. The molecule has 0 bridgehead atoms. The fourth-order valence-corrected chi connectivity index (χ4v) is 3.39. The number of hydrogen-bond acceptors (Lipinski definition) is 4. The van der Waals surface area contributed by atoms with E-state index in [2.05, 4.69) is 0 Å². The van der Waals surface area contributed by atoms with E-state index in [1.54, 1.807) is 24.3 Å². The van der Waals surface area contributed by atoms with Crippen LogP contribution in [0.1, 0.15) is 23.4 Å². The summed E-state index contributed by atoms with van der Waals surface area (Å²) < 4.78 is 10.7. The molecule has 2 aromatic rings. The van der Waals surface area contributed by atoms with E-state index in [9.17, 15) is 14.7 Å². The maximum Gasteiger partial charge on any atom is 0.313 e. The van der Waals surface area contributed by atoms with Gasteiger partial charge in [-0.1, -0.05) is 11.6 Å². The quantitative estimate of drug-likeness (QED) is 0.915. The molecule has 128 valence electrons. The van der Waals surface area contributed by atoms with E-state index in [-0.39, 0.29) is 24.8 Å². The van der Waals surface area contributed by atoms with Crippen LogP contribution in [0.25, 0.3) is 11.0 Å². The molecular weight excluding hydrogens is 334 g/mol. The number of carboxylic acids is 1. The number of hydrogen-bond donors (Lipinski definition) is 1. The zero-order valence-corrected chi connectivity index (χ0v) is 14.0. The van der Waals surface area contributed by atoms with Crippen LogP contribution in [0.5, 0.6) is 0 Å². The molecule has 0 spiro atoms. The summed E-state index contributed by atoms with van der Waals surface area (Å²) in [5.41, 5.74) is -0.501. The third-order valence-electron chi connectivity index (χ3n) is 4.43. The van der Waals surface area contributed by atoms with Crippen LogP contribution >= 0.6 is 11.6 Å². The van der Waals surface area contributed by atoms with Crippen LogP contribution < -0.4 is 0 Å². The first kappa shape index (κ1) is 16.8. The maximum absolute atomic E-state index is 12.7. The first-order valence-corrected chi connectivity index (χ1v) is 8.04. The van der Waals surface area contributed by atoms with Gasteiger partial charge >= 0.3 is 5.97 Å². The zero-order valence-electron chi connectivity index (χ0n) is 13.3. The van der Waals surface area contributed by atoms with Gasteiger partial charge in [-0.3, -0.25) is 9.59 Å². The molecule has 6 nitrogen and oxygen atoms in total. The minimum absolute atomic E-state index is 0.0713. The van der Waals surface area contributed by atoms with E-state index >= 15 is 0 Å². The maximum atomic E-state index is 12.7. The zero-order chi connectivity index (χ0) is 17.3. The highest BCUT2D eigenvalue weighted by Crippen LogP contribution is 2.32. The van der Waals surface area contributed by atoms with Gasteiger partial charge in [0.25, 0.3) is 5.91 Å². The normalized spacial score (nSPS) is 21.2. The lowest BCUT2D eigenvalue weighted by Crippen LogP contribution is -2.52. The Morgan fingerprint density at radius 2 is 2.21 bits per heavy atom. The number of aliphatic carboxylic acids is 1. The molecular formula is C17H18ClNO5. The van der Waals surface area contributed by atoms with Gasteiger partial charge in [-0.15, -0.1) is 0 Å². The molecule has 1 aromatic heterocycles. The average molecular weight is 352 g/mol. The Hall–Kier alpha value is -2.05. The molecule has 1 atom stereocenters. The standard InChI is InChI=1S/C17H18ClNO5/c1-23-10-17(16(21)22)5-2-6-19(9-17)15(20)14-8-11-7-12(18)3-4-13(11)24-14/h3-4,7-8H,2,5-6,9-10H2,1H3,(H,21,22). The minimum atomic E-state index is -1.07. The number of rotatable bonds is 4. The van der Waals surface area contributed by atoms with Gasteiger partial charge in [0.1, 0.15) is 11.0 Å². The topological polar surface area (TPSA) is 80.0 Å². The third-order valence-corrected chi connectivity index (χ3v) is 4.66. The lowest BCUT2D eigenvalue weighted by atomic mass is 9.80. The van der Waals surface area contributed by atoms with Gasteiger partial charge in [-0.25, -0.2) is 0 Å². The van der Waals surface area contributed by atoms with Crippen LogP contribution in [-0.4, -0.2) is 48.7 Å². The molecule has 1 amide bonds. The molecule has 1 aliphatic heterocycles. The lowest BCUT2D eigenvalue weighted by molar-refractivity contribution is -0.155. The second kappa shape index (κ2) is 6.45. The van der Waals surface area contributed by atoms with Crippen LogP contribution in [0.2, 0.25) is 5.02 Å². The summed E-state index contributed by atoms with van der Waals surface area (Å²) in [7, 11) is 1.47. The fraction of sp³-hybridized carbons (Fsp3) is 0.412. The molecule has 1 saturated heterocycles. The van der Waals surface area contributed by atoms with Crippen LogP contribution in [0, 0.1) is 5.41 Å². The van der Waals surface area contributed by atoms with E-state index in [0.29, 0.717) is 30.0 Å². The van der Waals surface area contributed by atoms with Gasteiger partial charge in [-0.2, -0.15) is 0 Å². The first-order valence-electron chi connectivity index (χ1n) is 7.66.